The second-order valence-corrected chi connectivity index (χ2v) is 9.01. The third-order valence-corrected chi connectivity index (χ3v) is 6.98. The molecular formula is C27H32N4O2. The van der Waals surface area contributed by atoms with E-state index in [1.54, 1.807) is 6.92 Å². The van der Waals surface area contributed by atoms with Gasteiger partial charge in [0.2, 0.25) is 11.8 Å². The predicted octanol–water partition coefficient (Wildman–Crippen LogP) is 4.03. The molecule has 0 unspecified atom stereocenters. The Morgan fingerprint density at radius 2 is 1.55 bits per heavy atom. The van der Waals surface area contributed by atoms with Crippen LogP contribution in [0.25, 0.3) is 5.69 Å². The molecule has 6 nitrogen and oxygen atoms in total. The Morgan fingerprint density at radius 1 is 0.970 bits per heavy atom. The molecule has 0 N–H and O–H groups in total. The van der Waals surface area contributed by atoms with Crippen LogP contribution in [0.15, 0.2) is 60.7 Å². The highest BCUT2D eigenvalue weighted by Crippen LogP contribution is 2.38. The minimum atomic E-state index is -0.626. The smallest absolute Gasteiger partial charge is 0.233 e. The summed E-state index contributed by atoms with van der Waals surface area (Å²) in [5.41, 5.74) is 4.45. The van der Waals surface area contributed by atoms with Crippen LogP contribution in [0.3, 0.4) is 0 Å². The van der Waals surface area contributed by atoms with Gasteiger partial charge in [-0.3, -0.25) is 9.59 Å². The van der Waals surface area contributed by atoms with E-state index < -0.39 is 5.41 Å². The van der Waals surface area contributed by atoms with Gasteiger partial charge in [0.25, 0.3) is 0 Å². The van der Waals surface area contributed by atoms with Crippen LogP contribution < -0.4 is 0 Å². The fraction of sp³-hybridized carbons (Fsp3) is 0.370. The molecule has 0 saturated carbocycles. The number of para-hydroxylation sites is 1. The van der Waals surface area contributed by atoms with Crippen molar-refractivity contribution in [1.29, 1.82) is 0 Å². The molecule has 1 aliphatic heterocycles. The van der Waals surface area contributed by atoms with Gasteiger partial charge in [-0.05, 0) is 44.4 Å². The molecule has 3 aromatic rings. The summed E-state index contributed by atoms with van der Waals surface area (Å²) in [4.78, 5) is 29.6. The maximum absolute atomic E-state index is 14.0. The summed E-state index contributed by atoms with van der Waals surface area (Å²) >= 11 is 0. The summed E-state index contributed by atoms with van der Waals surface area (Å²) in [6, 6.07) is 20.1. The number of hydrogen-bond donors (Lipinski definition) is 0. The van der Waals surface area contributed by atoms with E-state index in [0.717, 1.165) is 28.2 Å². The zero-order valence-electron chi connectivity index (χ0n) is 19.9. The number of aryl methyl sites for hydroxylation is 1. The van der Waals surface area contributed by atoms with E-state index in [1.807, 2.05) is 89.1 Å². The van der Waals surface area contributed by atoms with Crippen LogP contribution in [-0.4, -0.2) is 51.5 Å². The Balaban J connectivity index is 1.62. The van der Waals surface area contributed by atoms with Gasteiger partial charge in [-0.1, -0.05) is 48.5 Å². The van der Waals surface area contributed by atoms with Crippen molar-refractivity contribution in [3.05, 3.63) is 83.2 Å². The van der Waals surface area contributed by atoms with Gasteiger partial charge in [-0.15, -0.1) is 0 Å². The number of benzene rings is 2. The van der Waals surface area contributed by atoms with Crippen molar-refractivity contribution in [2.45, 2.75) is 45.6 Å². The predicted molar refractivity (Wildman–Crippen MR) is 129 cm³/mol. The molecule has 0 radical (unpaired) electrons. The number of carbonyl (C=O) groups excluding carboxylic acids is 2. The average Bonchev–Trinajstić information content (AvgIpc) is 3.13. The van der Waals surface area contributed by atoms with Gasteiger partial charge in [0.05, 0.1) is 16.8 Å². The largest absolute Gasteiger partial charge is 0.343 e. The van der Waals surface area contributed by atoms with Crippen LogP contribution in [0, 0.1) is 13.8 Å². The molecule has 1 fully saturated rings. The van der Waals surface area contributed by atoms with Crippen LogP contribution in [0.2, 0.25) is 0 Å². The van der Waals surface area contributed by atoms with Crippen molar-refractivity contribution in [3.63, 3.8) is 0 Å². The second kappa shape index (κ2) is 9.22. The Morgan fingerprint density at radius 3 is 2.12 bits per heavy atom. The zero-order valence-corrected chi connectivity index (χ0v) is 19.9. The first kappa shape index (κ1) is 22.8. The maximum Gasteiger partial charge on any atom is 0.233 e. The van der Waals surface area contributed by atoms with E-state index >= 15 is 0 Å². The maximum atomic E-state index is 14.0. The molecule has 0 aliphatic carbocycles. The zero-order chi connectivity index (χ0) is 23.6. The monoisotopic (exact) mass is 444 g/mol. The summed E-state index contributed by atoms with van der Waals surface area (Å²) < 4.78 is 1.95. The number of nitrogens with zero attached hydrogens (tertiary/aromatic N) is 4. The van der Waals surface area contributed by atoms with E-state index in [9.17, 15) is 9.59 Å². The highest BCUT2D eigenvalue weighted by molar-refractivity contribution is 5.88. The summed E-state index contributed by atoms with van der Waals surface area (Å²) in [7, 11) is 1.88. The van der Waals surface area contributed by atoms with E-state index in [0.29, 0.717) is 32.5 Å². The lowest BCUT2D eigenvalue weighted by molar-refractivity contribution is -0.141. The standard InChI is InChI=1S/C27H32N4O2/c1-20-25(21(2)31(28-20)24-13-9-6-10-14-24)19-29(4)26(33)27(23-11-7-5-8-12-23)15-17-30(18-16-27)22(3)32/h5-14H,15-19H2,1-4H3. The Bertz CT molecular complexity index is 1130. The Hall–Kier alpha value is -3.41. The number of amides is 2. The number of hydrogen-bond acceptors (Lipinski definition) is 3. The van der Waals surface area contributed by atoms with Crippen LogP contribution in [0.1, 0.15) is 42.3 Å². The quantitative estimate of drug-likeness (QED) is 0.597. The second-order valence-electron chi connectivity index (χ2n) is 9.01. The Labute approximate surface area is 195 Å². The molecule has 2 aromatic carbocycles. The molecule has 4 rings (SSSR count). The van der Waals surface area contributed by atoms with Crippen molar-refractivity contribution >= 4 is 11.8 Å². The molecule has 0 atom stereocenters. The first-order chi connectivity index (χ1) is 15.8. The van der Waals surface area contributed by atoms with Gasteiger partial charge in [0.15, 0.2) is 0 Å². The van der Waals surface area contributed by atoms with Crippen LogP contribution >= 0.6 is 0 Å². The minimum absolute atomic E-state index is 0.0667. The highest BCUT2D eigenvalue weighted by atomic mass is 16.2. The van der Waals surface area contributed by atoms with Crippen molar-refractivity contribution in [2.24, 2.45) is 0 Å². The van der Waals surface area contributed by atoms with Gasteiger partial charge in [0, 0.05) is 44.9 Å². The fourth-order valence-corrected chi connectivity index (χ4v) is 4.99. The van der Waals surface area contributed by atoms with E-state index in [-0.39, 0.29) is 11.8 Å². The molecule has 1 aliphatic rings. The number of carbonyl (C=O) groups is 2. The first-order valence-electron chi connectivity index (χ1n) is 11.5. The number of rotatable bonds is 5. The summed E-state index contributed by atoms with van der Waals surface area (Å²) in [6.07, 6.45) is 1.25. The number of likely N-dealkylation sites (N-methyl/N-ethyl adjacent to an activating group) is 1. The van der Waals surface area contributed by atoms with Gasteiger partial charge in [-0.2, -0.15) is 5.10 Å². The third-order valence-electron chi connectivity index (χ3n) is 6.98. The van der Waals surface area contributed by atoms with Crippen molar-refractivity contribution in [3.8, 4) is 5.69 Å². The van der Waals surface area contributed by atoms with E-state index in [1.165, 1.54) is 0 Å². The molecular weight excluding hydrogens is 412 g/mol. The van der Waals surface area contributed by atoms with Gasteiger partial charge >= 0.3 is 0 Å². The lowest BCUT2D eigenvalue weighted by Gasteiger charge is -2.42. The molecule has 33 heavy (non-hydrogen) atoms. The lowest BCUT2D eigenvalue weighted by atomic mass is 9.71. The molecule has 2 amide bonds. The van der Waals surface area contributed by atoms with Crippen molar-refractivity contribution in [1.82, 2.24) is 19.6 Å². The average molecular weight is 445 g/mol. The van der Waals surface area contributed by atoms with Gasteiger partial charge in [0.1, 0.15) is 0 Å². The van der Waals surface area contributed by atoms with Crippen molar-refractivity contribution in [2.75, 3.05) is 20.1 Å². The molecule has 1 saturated heterocycles. The topological polar surface area (TPSA) is 58.4 Å². The molecule has 172 valence electrons. The summed E-state index contributed by atoms with van der Waals surface area (Å²) in [5, 5.41) is 4.74. The number of likely N-dealkylation sites (tertiary alicyclic amines) is 1. The van der Waals surface area contributed by atoms with Gasteiger partial charge in [-0.25, -0.2) is 4.68 Å². The number of aromatic nitrogens is 2. The van der Waals surface area contributed by atoms with Crippen LogP contribution in [0.4, 0.5) is 0 Å². The molecule has 6 heteroatoms. The molecule has 2 heterocycles. The number of piperidine rings is 1. The van der Waals surface area contributed by atoms with Gasteiger partial charge < -0.3 is 9.80 Å². The highest BCUT2D eigenvalue weighted by Gasteiger charge is 2.44. The summed E-state index contributed by atoms with van der Waals surface area (Å²) in [5.74, 6) is 0.167. The minimum Gasteiger partial charge on any atom is -0.343 e. The lowest BCUT2D eigenvalue weighted by Crippen LogP contribution is -2.52. The SMILES string of the molecule is CC(=O)N1CCC(C(=O)N(C)Cc2c(C)nn(-c3ccccc3)c2C)(c2ccccc2)CC1. The fourth-order valence-electron chi connectivity index (χ4n) is 4.99. The third kappa shape index (κ3) is 4.30. The van der Waals surface area contributed by atoms with E-state index in [4.69, 9.17) is 5.10 Å². The summed E-state index contributed by atoms with van der Waals surface area (Å²) in [6.45, 7) is 7.33. The van der Waals surface area contributed by atoms with Crippen LogP contribution in [0.5, 0.6) is 0 Å². The molecule has 0 spiro atoms. The molecule has 1 aromatic heterocycles. The Kier molecular flexibility index (Phi) is 6.36. The van der Waals surface area contributed by atoms with E-state index in [2.05, 4.69) is 6.92 Å². The normalized spacial score (nSPS) is 15.3. The van der Waals surface area contributed by atoms with Crippen LogP contribution in [-0.2, 0) is 21.5 Å². The molecule has 0 bridgehead atoms. The first-order valence-corrected chi connectivity index (χ1v) is 11.5. The van der Waals surface area contributed by atoms with Crippen molar-refractivity contribution < 1.29 is 9.59 Å².